The zero-order chi connectivity index (χ0) is 15.4. The third-order valence-electron chi connectivity index (χ3n) is 5.10. The second kappa shape index (κ2) is 6.75. The number of ether oxygens (including phenoxy) is 2. The Kier molecular flexibility index (Phi) is 4.74. The number of rotatable bonds is 4. The van der Waals surface area contributed by atoms with E-state index in [0.29, 0.717) is 12.3 Å². The van der Waals surface area contributed by atoms with Crippen LogP contribution < -0.4 is 0 Å². The van der Waals surface area contributed by atoms with E-state index in [1.54, 1.807) is 19.5 Å². The molecule has 5 heteroatoms. The van der Waals surface area contributed by atoms with Crippen molar-refractivity contribution < 1.29 is 14.3 Å². The standard InChI is InChI=1S/C17H24N2O3/c1-21-12-15-11-19(13-17(15)4-7-22-8-5-17)16(20)9-14-3-2-6-18-10-14/h2-3,6,10,15H,4-5,7-9,11-13H2,1H3/t15-/m1/s1. The lowest BCUT2D eigenvalue weighted by atomic mass is 9.72. The monoisotopic (exact) mass is 304 g/mol. The Morgan fingerprint density at radius 2 is 2.32 bits per heavy atom. The number of pyridine rings is 1. The molecule has 0 unspecified atom stereocenters. The molecule has 1 aromatic heterocycles. The van der Waals surface area contributed by atoms with Crippen LogP contribution in [0.2, 0.25) is 0 Å². The molecular formula is C17H24N2O3. The molecule has 1 aromatic rings. The van der Waals surface area contributed by atoms with Gasteiger partial charge in [0.05, 0.1) is 13.0 Å². The van der Waals surface area contributed by atoms with Crippen molar-refractivity contribution in [3.8, 4) is 0 Å². The quantitative estimate of drug-likeness (QED) is 0.846. The van der Waals surface area contributed by atoms with Crippen LogP contribution in [-0.4, -0.2) is 55.8 Å². The Labute approximate surface area is 131 Å². The van der Waals surface area contributed by atoms with E-state index in [0.717, 1.165) is 51.3 Å². The van der Waals surface area contributed by atoms with Gasteiger partial charge >= 0.3 is 0 Å². The molecule has 2 aliphatic rings. The zero-order valence-electron chi connectivity index (χ0n) is 13.2. The first kappa shape index (κ1) is 15.4. The topological polar surface area (TPSA) is 51.7 Å². The van der Waals surface area contributed by atoms with Crippen molar-refractivity contribution in [3.05, 3.63) is 30.1 Å². The molecule has 120 valence electrons. The van der Waals surface area contributed by atoms with Gasteiger partial charge in [-0.15, -0.1) is 0 Å². The lowest BCUT2D eigenvalue weighted by molar-refractivity contribution is -0.130. The highest BCUT2D eigenvalue weighted by atomic mass is 16.5. The number of hydrogen-bond donors (Lipinski definition) is 0. The van der Waals surface area contributed by atoms with Crippen molar-refractivity contribution in [3.63, 3.8) is 0 Å². The van der Waals surface area contributed by atoms with Gasteiger partial charge in [-0.3, -0.25) is 9.78 Å². The lowest BCUT2D eigenvalue weighted by Crippen LogP contribution is -2.39. The van der Waals surface area contributed by atoms with Gasteiger partial charge < -0.3 is 14.4 Å². The van der Waals surface area contributed by atoms with Crippen molar-refractivity contribution in [1.29, 1.82) is 0 Å². The summed E-state index contributed by atoms with van der Waals surface area (Å²) in [6.45, 7) is 3.95. The summed E-state index contributed by atoms with van der Waals surface area (Å²) in [5.74, 6) is 0.608. The summed E-state index contributed by atoms with van der Waals surface area (Å²) in [6.07, 6.45) is 5.98. The zero-order valence-corrected chi connectivity index (χ0v) is 13.2. The van der Waals surface area contributed by atoms with Crippen LogP contribution in [-0.2, 0) is 20.7 Å². The third kappa shape index (κ3) is 3.15. The highest BCUT2D eigenvalue weighted by molar-refractivity contribution is 5.79. The molecular weight excluding hydrogens is 280 g/mol. The summed E-state index contributed by atoms with van der Waals surface area (Å²) >= 11 is 0. The molecule has 3 heterocycles. The molecule has 0 aliphatic carbocycles. The maximum Gasteiger partial charge on any atom is 0.227 e. The van der Waals surface area contributed by atoms with Crippen molar-refractivity contribution in [1.82, 2.24) is 9.88 Å². The largest absolute Gasteiger partial charge is 0.384 e. The summed E-state index contributed by atoms with van der Waals surface area (Å²) < 4.78 is 10.9. The Morgan fingerprint density at radius 3 is 3.00 bits per heavy atom. The lowest BCUT2D eigenvalue weighted by Gasteiger charge is -2.37. The van der Waals surface area contributed by atoms with Gasteiger partial charge in [0.1, 0.15) is 0 Å². The molecule has 0 bridgehead atoms. The number of amides is 1. The van der Waals surface area contributed by atoms with Gasteiger partial charge in [-0.1, -0.05) is 6.07 Å². The predicted molar refractivity (Wildman–Crippen MR) is 82.4 cm³/mol. The van der Waals surface area contributed by atoms with E-state index < -0.39 is 0 Å². The highest BCUT2D eigenvalue weighted by Gasteiger charge is 2.48. The van der Waals surface area contributed by atoms with Crippen LogP contribution in [0, 0.1) is 11.3 Å². The minimum absolute atomic E-state index is 0.179. The number of carbonyl (C=O) groups excluding carboxylic acids is 1. The average molecular weight is 304 g/mol. The fraction of sp³-hybridized carbons (Fsp3) is 0.647. The molecule has 2 aliphatic heterocycles. The summed E-state index contributed by atoms with van der Waals surface area (Å²) in [5, 5.41) is 0. The minimum Gasteiger partial charge on any atom is -0.384 e. The van der Waals surface area contributed by atoms with Gasteiger partial charge in [0.25, 0.3) is 0 Å². The van der Waals surface area contributed by atoms with Crippen molar-refractivity contribution >= 4 is 5.91 Å². The normalized spacial score (nSPS) is 23.9. The van der Waals surface area contributed by atoms with Crippen LogP contribution in [0.5, 0.6) is 0 Å². The molecule has 1 atom stereocenters. The summed E-state index contributed by atoms with van der Waals surface area (Å²) in [7, 11) is 1.74. The summed E-state index contributed by atoms with van der Waals surface area (Å²) in [6, 6.07) is 3.83. The summed E-state index contributed by atoms with van der Waals surface area (Å²) in [4.78, 5) is 18.7. The molecule has 0 N–H and O–H groups in total. The van der Waals surface area contributed by atoms with Gasteiger partial charge in [-0.25, -0.2) is 0 Å². The number of methoxy groups -OCH3 is 1. The Hall–Kier alpha value is -1.46. The van der Waals surface area contributed by atoms with E-state index in [-0.39, 0.29) is 11.3 Å². The van der Waals surface area contributed by atoms with E-state index in [2.05, 4.69) is 4.98 Å². The van der Waals surface area contributed by atoms with Gasteiger partial charge in [-0.05, 0) is 29.9 Å². The predicted octanol–water partition coefficient (Wildman–Crippen LogP) is 1.53. The van der Waals surface area contributed by atoms with Crippen molar-refractivity contribution in [2.24, 2.45) is 11.3 Å². The Bertz CT molecular complexity index is 500. The molecule has 0 radical (unpaired) electrons. The molecule has 5 nitrogen and oxygen atoms in total. The van der Waals surface area contributed by atoms with Crippen LogP contribution in [0.4, 0.5) is 0 Å². The summed E-state index contributed by atoms with van der Waals surface area (Å²) in [5.41, 5.74) is 1.16. The van der Waals surface area contributed by atoms with Crippen molar-refractivity contribution in [2.45, 2.75) is 19.3 Å². The van der Waals surface area contributed by atoms with Crippen LogP contribution in [0.1, 0.15) is 18.4 Å². The van der Waals surface area contributed by atoms with E-state index in [9.17, 15) is 4.79 Å². The molecule has 1 amide bonds. The van der Waals surface area contributed by atoms with E-state index in [4.69, 9.17) is 9.47 Å². The van der Waals surface area contributed by atoms with Crippen LogP contribution >= 0.6 is 0 Å². The van der Waals surface area contributed by atoms with Crippen LogP contribution in [0.3, 0.4) is 0 Å². The maximum absolute atomic E-state index is 12.6. The Morgan fingerprint density at radius 1 is 1.50 bits per heavy atom. The molecule has 3 rings (SSSR count). The molecule has 2 fully saturated rings. The maximum atomic E-state index is 12.6. The first-order valence-electron chi connectivity index (χ1n) is 7.97. The molecule has 0 saturated carbocycles. The van der Waals surface area contributed by atoms with E-state index >= 15 is 0 Å². The third-order valence-corrected chi connectivity index (χ3v) is 5.10. The average Bonchev–Trinajstić information content (AvgIpc) is 2.88. The minimum atomic E-state index is 0.179. The number of likely N-dealkylation sites (tertiary alicyclic amines) is 1. The molecule has 0 aromatic carbocycles. The van der Waals surface area contributed by atoms with Crippen LogP contribution in [0.15, 0.2) is 24.5 Å². The number of hydrogen-bond acceptors (Lipinski definition) is 4. The molecule has 1 spiro atoms. The smallest absolute Gasteiger partial charge is 0.227 e. The van der Waals surface area contributed by atoms with Gasteiger partial charge in [0.2, 0.25) is 5.91 Å². The number of nitrogens with zero attached hydrogens (tertiary/aromatic N) is 2. The SMILES string of the molecule is COC[C@H]1CN(C(=O)Cc2cccnc2)CC12CCOCC2. The second-order valence-corrected chi connectivity index (χ2v) is 6.44. The fourth-order valence-corrected chi connectivity index (χ4v) is 3.79. The van der Waals surface area contributed by atoms with Crippen molar-refractivity contribution in [2.75, 3.05) is 40.0 Å². The Balaban J connectivity index is 1.68. The fourth-order valence-electron chi connectivity index (χ4n) is 3.79. The van der Waals surface area contributed by atoms with Gasteiger partial charge in [0.15, 0.2) is 0 Å². The first-order chi connectivity index (χ1) is 10.7. The van der Waals surface area contributed by atoms with Gasteiger partial charge in [-0.2, -0.15) is 0 Å². The van der Waals surface area contributed by atoms with E-state index in [1.807, 2.05) is 17.0 Å². The number of aromatic nitrogens is 1. The molecule has 22 heavy (non-hydrogen) atoms. The highest BCUT2D eigenvalue weighted by Crippen LogP contribution is 2.44. The second-order valence-electron chi connectivity index (χ2n) is 6.44. The number of carbonyl (C=O) groups is 1. The molecule has 2 saturated heterocycles. The first-order valence-corrected chi connectivity index (χ1v) is 7.97. The van der Waals surface area contributed by atoms with Gasteiger partial charge in [0, 0.05) is 51.7 Å². The van der Waals surface area contributed by atoms with E-state index in [1.165, 1.54) is 0 Å². The van der Waals surface area contributed by atoms with Crippen LogP contribution in [0.25, 0.3) is 0 Å².